The Bertz CT molecular complexity index is 1210. The molecule has 1 saturated carbocycles. The Hall–Kier alpha value is -2.61. The fourth-order valence-corrected chi connectivity index (χ4v) is 5.88. The van der Waals surface area contributed by atoms with E-state index in [1.54, 1.807) is 15.4 Å². The molecule has 7 nitrogen and oxygen atoms in total. The van der Waals surface area contributed by atoms with E-state index in [0.29, 0.717) is 28.4 Å². The van der Waals surface area contributed by atoms with Crippen molar-refractivity contribution < 1.29 is 4.79 Å². The van der Waals surface area contributed by atoms with Crippen molar-refractivity contribution in [3.8, 4) is 5.69 Å². The number of carbonyl (C=O) groups is 1. The number of hydrogen-bond acceptors (Lipinski definition) is 5. The predicted molar refractivity (Wildman–Crippen MR) is 122 cm³/mol. The number of thioether (sulfide) groups is 1. The van der Waals surface area contributed by atoms with Gasteiger partial charge in [-0.15, -0.1) is 0 Å². The van der Waals surface area contributed by atoms with Crippen molar-refractivity contribution in [2.75, 3.05) is 5.75 Å². The number of carbonyl (C=O) groups excluding carboxylic acids is 1. The highest BCUT2D eigenvalue weighted by Gasteiger charge is 2.30. The Morgan fingerprint density at radius 3 is 2.81 bits per heavy atom. The van der Waals surface area contributed by atoms with Gasteiger partial charge in [-0.05, 0) is 38.3 Å². The minimum atomic E-state index is -0.169. The zero-order valence-electron chi connectivity index (χ0n) is 17.9. The van der Waals surface area contributed by atoms with Gasteiger partial charge in [-0.2, -0.15) is 5.10 Å². The molecule has 1 aliphatic heterocycles. The highest BCUT2D eigenvalue weighted by molar-refractivity contribution is 7.99. The first-order chi connectivity index (χ1) is 15.0. The third kappa shape index (κ3) is 3.78. The summed E-state index contributed by atoms with van der Waals surface area (Å²) in [6.07, 6.45) is 7.64. The summed E-state index contributed by atoms with van der Waals surface area (Å²) < 4.78 is 3.44. The van der Waals surface area contributed by atoms with Crippen LogP contribution in [0.5, 0.6) is 0 Å². The summed E-state index contributed by atoms with van der Waals surface area (Å²) in [5, 5.41) is 8.80. The molecule has 0 bridgehead atoms. The molecule has 1 aliphatic carbocycles. The zero-order chi connectivity index (χ0) is 21.5. The molecule has 5 rings (SSSR count). The van der Waals surface area contributed by atoms with E-state index in [1.165, 1.54) is 36.6 Å². The summed E-state index contributed by atoms with van der Waals surface area (Å²) in [4.78, 5) is 30.7. The first-order valence-corrected chi connectivity index (χ1v) is 12.0. The highest BCUT2D eigenvalue weighted by atomic mass is 32.2. The van der Waals surface area contributed by atoms with E-state index < -0.39 is 0 Å². The number of amides is 1. The second kappa shape index (κ2) is 8.15. The van der Waals surface area contributed by atoms with Crippen molar-refractivity contribution in [3.05, 3.63) is 45.9 Å². The molecule has 8 heteroatoms. The molecular formula is C23H27N5O2S. The van der Waals surface area contributed by atoms with Gasteiger partial charge in [-0.25, -0.2) is 9.67 Å². The molecule has 162 valence electrons. The van der Waals surface area contributed by atoms with Gasteiger partial charge in [0.05, 0.1) is 17.9 Å². The monoisotopic (exact) mass is 437 g/mol. The van der Waals surface area contributed by atoms with Crippen molar-refractivity contribution in [1.29, 1.82) is 0 Å². The first kappa shape index (κ1) is 20.3. The molecule has 1 amide bonds. The van der Waals surface area contributed by atoms with Gasteiger partial charge in [0, 0.05) is 18.2 Å². The van der Waals surface area contributed by atoms with Gasteiger partial charge in [-0.1, -0.05) is 48.7 Å². The Balaban J connectivity index is 1.44. The van der Waals surface area contributed by atoms with Crippen molar-refractivity contribution in [2.24, 2.45) is 0 Å². The van der Waals surface area contributed by atoms with Gasteiger partial charge in [-0.3, -0.25) is 14.2 Å². The second-order valence-corrected chi connectivity index (χ2v) is 9.71. The van der Waals surface area contributed by atoms with Crippen LogP contribution in [-0.4, -0.2) is 37.0 Å². The van der Waals surface area contributed by atoms with Crippen LogP contribution >= 0.6 is 11.8 Å². The normalized spacial score (nSPS) is 19.0. The van der Waals surface area contributed by atoms with Crippen LogP contribution in [0.3, 0.4) is 0 Å². The Morgan fingerprint density at radius 2 is 2.03 bits per heavy atom. The average molecular weight is 438 g/mol. The molecular weight excluding hydrogens is 410 g/mol. The van der Waals surface area contributed by atoms with Crippen LogP contribution in [0.25, 0.3) is 16.7 Å². The number of aromatic nitrogens is 4. The lowest BCUT2D eigenvalue weighted by atomic mass is 9.95. The maximum absolute atomic E-state index is 13.3. The van der Waals surface area contributed by atoms with Crippen LogP contribution in [0.1, 0.15) is 55.7 Å². The topological polar surface area (TPSA) is 81.8 Å². The lowest BCUT2D eigenvalue weighted by Crippen LogP contribution is -2.38. The number of hydrogen-bond donors (Lipinski definition) is 1. The standard InChI is InChI=1S/C23H27N5O2S/c1-14-8-9-19(15(2)10-14)28-21-18(12-24-28)22(30)27-17(13-31-23(27)26-21)11-20(29)25-16-6-4-3-5-7-16/h8-10,12,16-17H,3-7,11,13H2,1-2H3,(H,25,29). The van der Waals surface area contributed by atoms with Crippen LogP contribution in [0.2, 0.25) is 0 Å². The summed E-state index contributed by atoms with van der Waals surface area (Å²) in [6, 6.07) is 6.25. The maximum Gasteiger partial charge on any atom is 0.265 e. The van der Waals surface area contributed by atoms with E-state index in [1.807, 2.05) is 19.1 Å². The molecule has 2 aliphatic rings. The number of nitrogens with zero attached hydrogens (tertiary/aromatic N) is 4. The van der Waals surface area contributed by atoms with Crippen LogP contribution < -0.4 is 10.9 Å². The Morgan fingerprint density at radius 1 is 1.23 bits per heavy atom. The Labute approximate surface area is 185 Å². The summed E-state index contributed by atoms with van der Waals surface area (Å²) in [7, 11) is 0. The van der Waals surface area contributed by atoms with Crippen LogP contribution in [0, 0.1) is 13.8 Å². The van der Waals surface area contributed by atoms with Gasteiger partial charge >= 0.3 is 0 Å². The number of benzene rings is 1. The quantitative estimate of drug-likeness (QED) is 0.630. The molecule has 0 spiro atoms. The minimum absolute atomic E-state index is 0.0309. The SMILES string of the molecule is Cc1ccc(-n2ncc3c(=O)n4c(nc32)SCC4CC(=O)NC2CCCCC2)c(C)c1. The largest absolute Gasteiger partial charge is 0.353 e. The molecule has 3 aromatic rings. The van der Waals surface area contributed by atoms with Crippen LogP contribution in [0.4, 0.5) is 0 Å². The molecule has 1 unspecified atom stereocenters. The molecule has 1 atom stereocenters. The molecule has 1 aromatic carbocycles. The average Bonchev–Trinajstić information content (AvgIpc) is 3.34. The third-order valence-electron chi connectivity index (χ3n) is 6.34. The van der Waals surface area contributed by atoms with Gasteiger partial charge in [0.2, 0.25) is 5.91 Å². The summed E-state index contributed by atoms with van der Waals surface area (Å²) in [6.45, 7) is 4.09. The van der Waals surface area contributed by atoms with Gasteiger partial charge < -0.3 is 5.32 Å². The van der Waals surface area contributed by atoms with Crippen molar-refractivity contribution in [2.45, 2.75) is 69.6 Å². The second-order valence-electron chi connectivity index (χ2n) is 8.72. The Kier molecular flexibility index (Phi) is 5.33. The number of nitrogens with one attached hydrogen (secondary N) is 1. The summed E-state index contributed by atoms with van der Waals surface area (Å²) in [5.41, 5.74) is 3.64. The first-order valence-electron chi connectivity index (χ1n) is 11.0. The molecule has 2 aromatic heterocycles. The minimum Gasteiger partial charge on any atom is -0.353 e. The van der Waals surface area contributed by atoms with Crippen molar-refractivity contribution in [3.63, 3.8) is 0 Å². The fraction of sp³-hybridized carbons (Fsp3) is 0.478. The fourth-order valence-electron chi connectivity index (χ4n) is 4.75. The summed E-state index contributed by atoms with van der Waals surface area (Å²) >= 11 is 1.54. The van der Waals surface area contributed by atoms with Gasteiger partial charge in [0.25, 0.3) is 5.56 Å². The number of aryl methyl sites for hydroxylation is 2. The van der Waals surface area contributed by atoms with E-state index in [9.17, 15) is 9.59 Å². The van der Waals surface area contributed by atoms with E-state index in [-0.39, 0.29) is 23.6 Å². The zero-order valence-corrected chi connectivity index (χ0v) is 18.7. The smallest absolute Gasteiger partial charge is 0.265 e. The van der Waals surface area contributed by atoms with Crippen LogP contribution in [-0.2, 0) is 4.79 Å². The molecule has 31 heavy (non-hydrogen) atoms. The highest BCUT2D eigenvalue weighted by Crippen LogP contribution is 2.33. The predicted octanol–water partition coefficient (Wildman–Crippen LogP) is 3.68. The number of fused-ring (bicyclic) bond motifs is 2. The van der Waals surface area contributed by atoms with Crippen molar-refractivity contribution >= 4 is 28.7 Å². The lowest BCUT2D eigenvalue weighted by molar-refractivity contribution is -0.122. The molecule has 3 heterocycles. The molecule has 0 saturated heterocycles. The van der Waals surface area contributed by atoms with E-state index >= 15 is 0 Å². The molecule has 1 fully saturated rings. The van der Waals surface area contributed by atoms with E-state index in [0.717, 1.165) is 24.1 Å². The van der Waals surface area contributed by atoms with Crippen LogP contribution in [0.15, 0.2) is 34.3 Å². The molecule has 1 N–H and O–H groups in total. The van der Waals surface area contributed by atoms with E-state index in [4.69, 9.17) is 4.98 Å². The lowest BCUT2D eigenvalue weighted by Gasteiger charge is -2.23. The molecule has 0 radical (unpaired) electrons. The van der Waals surface area contributed by atoms with Crippen molar-refractivity contribution in [1.82, 2.24) is 24.6 Å². The maximum atomic E-state index is 13.3. The van der Waals surface area contributed by atoms with Gasteiger partial charge in [0.15, 0.2) is 10.8 Å². The van der Waals surface area contributed by atoms with Gasteiger partial charge in [0.1, 0.15) is 5.39 Å². The third-order valence-corrected chi connectivity index (χ3v) is 7.44. The van der Waals surface area contributed by atoms with E-state index in [2.05, 4.69) is 23.4 Å². The number of rotatable bonds is 4. The summed E-state index contributed by atoms with van der Waals surface area (Å²) in [5.74, 6) is 0.715.